The van der Waals surface area contributed by atoms with E-state index in [4.69, 9.17) is 11.5 Å². The molecular weight excluding hydrogens is 258 g/mol. The van der Waals surface area contributed by atoms with Crippen molar-refractivity contribution in [3.8, 4) is 0 Å². The van der Waals surface area contributed by atoms with Crippen molar-refractivity contribution < 1.29 is 0 Å². The molecule has 0 saturated carbocycles. The number of halogens is 1. The standard InChI is InChI=1S/C9H14BrN5/c10-6-7(11)13-9(12)14-8(6)15-4-2-1-3-5-15/h1-5H2,(H4,11,12,13,14). The lowest BCUT2D eigenvalue weighted by Gasteiger charge is -2.28. The third-order valence-corrected chi connectivity index (χ3v) is 3.29. The van der Waals surface area contributed by atoms with E-state index in [9.17, 15) is 0 Å². The van der Waals surface area contributed by atoms with E-state index in [0.717, 1.165) is 23.4 Å². The summed E-state index contributed by atoms with van der Waals surface area (Å²) in [5.41, 5.74) is 11.3. The number of nitrogens with two attached hydrogens (primary N) is 2. The average molecular weight is 272 g/mol. The summed E-state index contributed by atoms with van der Waals surface area (Å²) in [6.07, 6.45) is 3.66. The Morgan fingerprint density at radius 2 is 1.73 bits per heavy atom. The Morgan fingerprint density at radius 3 is 2.40 bits per heavy atom. The van der Waals surface area contributed by atoms with Crippen LogP contribution in [0, 0.1) is 0 Å². The fourth-order valence-electron chi connectivity index (χ4n) is 1.78. The van der Waals surface area contributed by atoms with Crippen molar-refractivity contribution in [3.63, 3.8) is 0 Å². The van der Waals surface area contributed by atoms with E-state index in [-0.39, 0.29) is 5.95 Å². The highest BCUT2D eigenvalue weighted by atomic mass is 79.9. The number of anilines is 3. The SMILES string of the molecule is Nc1nc(N)c(Br)c(N2CCCCC2)n1. The molecule has 1 aromatic heterocycles. The molecule has 0 radical (unpaired) electrons. The molecule has 15 heavy (non-hydrogen) atoms. The first-order valence-corrected chi connectivity index (χ1v) is 5.81. The number of rotatable bonds is 1. The van der Waals surface area contributed by atoms with Gasteiger partial charge in [-0.1, -0.05) is 0 Å². The molecule has 0 spiro atoms. The second-order valence-corrected chi connectivity index (χ2v) is 4.45. The third-order valence-electron chi connectivity index (χ3n) is 2.53. The Kier molecular flexibility index (Phi) is 2.95. The van der Waals surface area contributed by atoms with Crippen LogP contribution in [-0.4, -0.2) is 23.1 Å². The van der Waals surface area contributed by atoms with Gasteiger partial charge in [0.25, 0.3) is 0 Å². The molecule has 5 nitrogen and oxygen atoms in total. The highest BCUT2D eigenvalue weighted by Crippen LogP contribution is 2.30. The zero-order chi connectivity index (χ0) is 10.8. The average Bonchev–Trinajstić information content (AvgIpc) is 2.24. The predicted molar refractivity (Wildman–Crippen MR) is 64.6 cm³/mol. The molecule has 0 amide bonds. The second-order valence-electron chi connectivity index (χ2n) is 3.65. The van der Waals surface area contributed by atoms with Crippen LogP contribution in [0.4, 0.5) is 17.6 Å². The van der Waals surface area contributed by atoms with Gasteiger partial charge >= 0.3 is 0 Å². The van der Waals surface area contributed by atoms with Crippen molar-refractivity contribution in [1.82, 2.24) is 9.97 Å². The molecule has 6 heteroatoms. The zero-order valence-corrected chi connectivity index (χ0v) is 10.00. The van der Waals surface area contributed by atoms with Crippen LogP contribution in [-0.2, 0) is 0 Å². The first kappa shape index (κ1) is 10.5. The lowest BCUT2D eigenvalue weighted by atomic mass is 10.1. The van der Waals surface area contributed by atoms with Gasteiger partial charge in [-0.25, -0.2) is 0 Å². The molecule has 1 aliphatic rings. The molecule has 0 aliphatic carbocycles. The molecule has 82 valence electrons. The topological polar surface area (TPSA) is 81.1 Å². The molecule has 2 rings (SSSR count). The second kappa shape index (κ2) is 4.22. The Balaban J connectivity index is 2.33. The number of hydrogen-bond donors (Lipinski definition) is 2. The van der Waals surface area contributed by atoms with Crippen molar-refractivity contribution in [2.45, 2.75) is 19.3 Å². The Morgan fingerprint density at radius 1 is 1.07 bits per heavy atom. The maximum atomic E-state index is 5.72. The van der Waals surface area contributed by atoms with E-state index in [2.05, 4.69) is 30.8 Å². The Hall–Kier alpha value is -1.04. The maximum absolute atomic E-state index is 5.72. The summed E-state index contributed by atoms with van der Waals surface area (Å²) in [5, 5.41) is 0. The van der Waals surface area contributed by atoms with Gasteiger partial charge in [-0.15, -0.1) is 0 Å². The van der Waals surface area contributed by atoms with E-state index in [1.54, 1.807) is 0 Å². The fourth-order valence-corrected chi connectivity index (χ4v) is 2.21. The zero-order valence-electron chi connectivity index (χ0n) is 8.41. The van der Waals surface area contributed by atoms with Gasteiger partial charge in [0.15, 0.2) is 5.82 Å². The van der Waals surface area contributed by atoms with E-state index < -0.39 is 0 Å². The van der Waals surface area contributed by atoms with Crippen molar-refractivity contribution in [2.75, 3.05) is 29.5 Å². The largest absolute Gasteiger partial charge is 0.383 e. The maximum Gasteiger partial charge on any atom is 0.224 e. The van der Waals surface area contributed by atoms with Gasteiger partial charge in [-0.05, 0) is 35.2 Å². The first-order valence-electron chi connectivity index (χ1n) is 5.02. The lowest BCUT2D eigenvalue weighted by Crippen LogP contribution is -2.31. The first-order chi connectivity index (χ1) is 7.18. The Labute approximate surface area is 97.0 Å². The molecule has 0 atom stereocenters. The van der Waals surface area contributed by atoms with Gasteiger partial charge in [0.1, 0.15) is 10.3 Å². The normalized spacial score (nSPS) is 16.7. The van der Waals surface area contributed by atoms with E-state index in [1.165, 1.54) is 19.3 Å². The van der Waals surface area contributed by atoms with E-state index in [1.807, 2.05) is 0 Å². The molecule has 1 aliphatic heterocycles. The van der Waals surface area contributed by atoms with Gasteiger partial charge < -0.3 is 16.4 Å². The number of nitrogens with zero attached hydrogens (tertiary/aromatic N) is 3. The molecule has 2 heterocycles. The molecule has 4 N–H and O–H groups in total. The minimum absolute atomic E-state index is 0.233. The van der Waals surface area contributed by atoms with Crippen LogP contribution in [0.15, 0.2) is 4.47 Å². The fraction of sp³-hybridized carbons (Fsp3) is 0.556. The summed E-state index contributed by atoms with van der Waals surface area (Å²) < 4.78 is 0.749. The summed E-state index contributed by atoms with van der Waals surface area (Å²) in [6.45, 7) is 2.02. The summed E-state index contributed by atoms with van der Waals surface area (Å²) in [7, 11) is 0. The van der Waals surface area contributed by atoms with Crippen LogP contribution >= 0.6 is 15.9 Å². The van der Waals surface area contributed by atoms with Crippen molar-refractivity contribution in [1.29, 1.82) is 0 Å². The summed E-state index contributed by atoms with van der Waals surface area (Å²) in [6, 6.07) is 0. The number of hydrogen-bond acceptors (Lipinski definition) is 5. The third kappa shape index (κ3) is 2.14. The molecule has 1 fully saturated rings. The van der Waals surface area contributed by atoms with Gasteiger partial charge in [-0.3, -0.25) is 0 Å². The van der Waals surface area contributed by atoms with Crippen LogP contribution in [0.2, 0.25) is 0 Å². The summed E-state index contributed by atoms with van der Waals surface area (Å²) >= 11 is 3.40. The number of piperidine rings is 1. The highest BCUT2D eigenvalue weighted by Gasteiger charge is 2.17. The minimum atomic E-state index is 0.233. The van der Waals surface area contributed by atoms with Gasteiger partial charge in [-0.2, -0.15) is 9.97 Å². The minimum Gasteiger partial charge on any atom is -0.383 e. The summed E-state index contributed by atoms with van der Waals surface area (Å²) in [4.78, 5) is 10.3. The molecule has 0 bridgehead atoms. The van der Waals surface area contributed by atoms with Crippen molar-refractivity contribution in [3.05, 3.63) is 4.47 Å². The number of aromatic nitrogens is 2. The van der Waals surface area contributed by atoms with Crippen LogP contribution in [0.3, 0.4) is 0 Å². The number of nitrogen functional groups attached to an aromatic ring is 2. The van der Waals surface area contributed by atoms with Gasteiger partial charge in [0, 0.05) is 13.1 Å². The summed E-state index contributed by atoms with van der Waals surface area (Å²) in [5.74, 6) is 1.46. The molecule has 0 aromatic carbocycles. The molecule has 0 unspecified atom stereocenters. The molecule has 1 aromatic rings. The van der Waals surface area contributed by atoms with Crippen molar-refractivity contribution >= 4 is 33.5 Å². The van der Waals surface area contributed by atoms with Crippen LogP contribution in [0.1, 0.15) is 19.3 Å². The highest BCUT2D eigenvalue weighted by molar-refractivity contribution is 9.10. The van der Waals surface area contributed by atoms with Crippen LogP contribution in [0.5, 0.6) is 0 Å². The smallest absolute Gasteiger partial charge is 0.224 e. The monoisotopic (exact) mass is 271 g/mol. The quantitative estimate of drug-likeness (QED) is 0.807. The van der Waals surface area contributed by atoms with Crippen LogP contribution < -0.4 is 16.4 Å². The Bertz CT molecular complexity index is 362. The van der Waals surface area contributed by atoms with Gasteiger partial charge in [0.05, 0.1) is 0 Å². The van der Waals surface area contributed by atoms with E-state index in [0.29, 0.717) is 5.82 Å². The lowest BCUT2D eigenvalue weighted by molar-refractivity contribution is 0.572. The van der Waals surface area contributed by atoms with Crippen molar-refractivity contribution in [2.24, 2.45) is 0 Å². The van der Waals surface area contributed by atoms with Gasteiger partial charge in [0.2, 0.25) is 5.95 Å². The predicted octanol–water partition coefficient (Wildman–Crippen LogP) is 1.39. The molecule has 1 saturated heterocycles. The molecular formula is C9H14BrN5. The van der Waals surface area contributed by atoms with E-state index >= 15 is 0 Å². The van der Waals surface area contributed by atoms with Crippen LogP contribution in [0.25, 0.3) is 0 Å².